The molecule has 82 valence electrons. The third-order valence-electron chi connectivity index (χ3n) is 2.73. The summed E-state index contributed by atoms with van der Waals surface area (Å²) in [7, 11) is 0. The van der Waals surface area contributed by atoms with E-state index in [2.05, 4.69) is 10.3 Å². The van der Waals surface area contributed by atoms with E-state index in [4.69, 9.17) is 11.6 Å². The van der Waals surface area contributed by atoms with E-state index < -0.39 is 11.7 Å². The van der Waals surface area contributed by atoms with Crippen molar-refractivity contribution < 1.29 is 10.2 Å². The first-order valence-electron chi connectivity index (χ1n) is 4.87. The molecule has 0 unspecified atom stereocenters. The lowest BCUT2D eigenvalue weighted by atomic mass is 9.86. The molecule has 0 radical (unpaired) electrons. The molecule has 0 spiro atoms. The molecule has 2 rings (SSSR count). The molecule has 5 heteroatoms. The van der Waals surface area contributed by atoms with Crippen molar-refractivity contribution in [3.05, 3.63) is 29.0 Å². The third kappa shape index (κ3) is 1.99. The van der Waals surface area contributed by atoms with Crippen LogP contribution in [0.25, 0.3) is 0 Å². The Bertz CT molecular complexity index is 361. The predicted molar refractivity (Wildman–Crippen MR) is 56.6 cm³/mol. The van der Waals surface area contributed by atoms with Crippen LogP contribution in [0.5, 0.6) is 0 Å². The number of rotatable bonds is 1. The lowest BCUT2D eigenvalue weighted by molar-refractivity contribution is -0.100. The van der Waals surface area contributed by atoms with Crippen molar-refractivity contribution in [1.29, 1.82) is 0 Å². The Hall–Kier alpha value is -0.680. The van der Waals surface area contributed by atoms with Crippen molar-refractivity contribution >= 4 is 11.6 Å². The van der Waals surface area contributed by atoms with Crippen LogP contribution in [0.4, 0.5) is 0 Å². The number of nitrogens with zero attached hydrogens (tertiary/aromatic N) is 1. The summed E-state index contributed by atoms with van der Waals surface area (Å²) >= 11 is 5.75. The highest BCUT2D eigenvalue weighted by molar-refractivity contribution is 6.29. The zero-order chi connectivity index (χ0) is 10.9. The van der Waals surface area contributed by atoms with Gasteiger partial charge in [0.1, 0.15) is 16.9 Å². The van der Waals surface area contributed by atoms with Crippen LogP contribution in [0.1, 0.15) is 12.1 Å². The van der Waals surface area contributed by atoms with Gasteiger partial charge in [0.15, 0.2) is 0 Å². The number of pyridine rings is 1. The molecule has 2 atom stereocenters. The van der Waals surface area contributed by atoms with Gasteiger partial charge < -0.3 is 15.5 Å². The standard InChI is InChI=1S/C10H13ClN2O2/c11-9-3-1-2-7(13-9)10(15)4-5-12-6-8(10)14/h1-3,8,12,14-15H,4-6H2/t8-,10-/m0/s1. The number of β-amino-alcohol motifs (C(OH)–C–C–N with tert-alkyl or cyclic N) is 1. The highest BCUT2D eigenvalue weighted by Gasteiger charge is 2.40. The summed E-state index contributed by atoms with van der Waals surface area (Å²) < 4.78 is 0. The molecule has 1 aliphatic heterocycles. The van der Waals surface area contributed by atoms with Crippen molar-refractivity contribution in [2.45, 2.75) is 18.1 Å². The first-order valence-corrected chi connectivity index (χ1v) is 5.25. The minimum Gasteiger partial charge on any atom is -0.388 e. The van der Waals surface area contributed by atoms with E-state index in [0.717, 1.165) is 0 Å². The minimum absolute atomic E-state index is 0.326. The average Bonchev–Trinajstić information content (AvgIpc) is 2.23. The summed E-state index contributed by atoms with van der Waals surface area (Å²) in [6, 6.07) is 5.04. The Kier molecular flexibility index (Phi) is 2.93. The molecule has 0 aromatic carbocycles. The number of hydrogen-bond donors (Lipinski definition) is 3. The highest BCUT2D eigenvalue weighted by atomic mass is 35.5. The van der Waals surface area contributed by atoms with Gasteiger partial charge >= 0.3 is 0 Å². The maximum absolute atomic E-state index is 10.3. The summed E-state index contributed by atoms with van der Waals surface area (Å²) in [6.45, 7) is 1.02. The van der Waals surface area contributed by atoms with Crippen molar-refractivity contribution in [1.82, 2.24) is 10.3 Å². The zero-order valence-electron chi connectivity index (χ0n) is 8.15. The van der Waals surface area contributed by atoms with Gasteiger partial charge in [0.25, 0.3) is 0 Å². The minimum atomic E-state index is -1.28. The lowest BCUT2D eigenvalue weighted by Gasteiger charge is -2.36. The molecule has 1 aromatic rings. The van der Waals surface area contributed by atoms with E-state index in [0.29, 0.717) is 30.4 Å². The first kappa shape index (κ1) is 10.8. The van der Waals surface area contributed by atoms with Crippen molar-refractivity contribution in [2.24, 2.45) is 0 Å². The van der Waals surface area contributed by atoms with Gasteiger partial charge in [-0.05, 0) is 25.1 Å². The number of aliphatic hydroxyl groups excluding tert-OH is 1. The summed E-state index contributed by atoms with van der Waals surface area (Å²) in [5.41, 5.74) is -0.847. The Balaban J connectivity index is 2.34. The molecule has 15 heavy (non-hydrogen) atoms. The second-order valence-corrected chi connectivity index (χ2v) is 4.13. The van der Waals surface area contributed by atoms with Crippen LogP contribution in [0, 0.1) is 0 Å². The van der Waals surface area contributed by atoms with E-state index in [1.807, 2.05) is 0 Å². The fourth-order valence-corrected chi connectivity index (χ4v) is 1.97. The molecule has 1 aliphatic rings. The third-order valence-corrected chi connectivity index (χ3v) is 2.94. The Morgan fingerprint density at radius 3 is 3.00 bits per heavy atom. The topological polar surface area (TPSA) is 65.4 Å². The quantitative estimate of drug-likeness (QED) is 0.604. The average molecular weight is 229 g/mol. The number of hydrogen-bond acceptors (Lipinski definition) is 4. The second-order valence-electron chi connectivity index (χ2n) is 3.74. The van der Waals surface area contributed by atoms with Crippen LogP contribution in [0.15, 0.2) is 18.2 Å². The van der Waals surface area contributed by atoms with Crippen LogP contribution >= 0.6 is 11.6 Å². The molecular formula is C10H13ClN2O2. The predicted octanol–water partition coefficient (Wildman–Crippen LogP) is 0.277. The fourth-order valence-electron chi connectivity index (χ4n) is 1.80. The SMILES string of the molecule is O[C@H]1CNCC[C@]1(O)c1cccc(Cl)n1. The highest BCUT2D eigenvalue weighted by Crippen LogP contribution is 2.29. The van der Waals surface area contributed by atoms with Gasteiger partial charge in [0.2, 0.25) is 0 Å². The van der Waals surface area contributed by atoms with Gasteiger partial charge in [0.05, 0.1) is 5.69 Å². The molecule has 1 saturated heterocycles. The van der Waals surface area contributed by atoms with E-state index >= 15 is 0 Å². The Labute approximate surface area is 92.9 Å². The molecule has 0 saturated carbocycles. The largest absolute Gasteiger partial charge is 0.388 e. The molecule has 1 fully saturated rings. The summed E-state index contributed by atoms with van der Waals surface area (Å²) in [4.78, 5) is 4.05. The van der Waals surface area contributed by atoms with E-state index in [1.165, 1.54) is 0 Å². The summed E-state index contributed by atoms with van der Waals surface area (Å²) in [6.07, 6.45) is -0.418. The van der Waals surface area contributed by atoms with E-state index in [1.54, 1.807) is 18.2 Å². The van der Waals surface area contributed by atoms with Crippen molar-refractivity contribution in [3.8, 4) is 0 Å². The normalized spacial score (nSPS) is 31.5. The molecule has 4 nitrogen and oxygen atoms in total. The van der Waals surface area contributed by atoms with Gasteiger partial charge in [-0.25, -0.2) is 4.98 Å². The molecular weight excluding hydrogens is 216 g/mol. The number of nitrogens with one attached hydrogen (secondary N) is 1. The first-order chi connectivity index (χ1) is 7.13. The summed E-state index contributed by atoms with van der Waals surface area (Å²) in [5, 5.41) is 23.4. The Morgan fingerprint density at radius 1 is 1.53 bits per heavy atom. The summed E-state index contributed by atoms with van der Waals surface area (Å²) in [5.74, 6) is 0. The second kappa shape index (κ2) is 4.06. The number of aromatic nitrogens is 1. The molecule has 0 bridgehead atoms. The number of piperidine rings is 1. The van der Waals surface area contributed by atoms with Gasteiger partial charge in [-0.3, -0.25) is 0 Å². The van der Waals surface area contributed by atoms with Crippen LogP contribution in [0.3, 0.4) is 0 Å². The monoisotopic (exact) mass is 228 g/mol. The van der Waals surface area contributed by atoms with Crippen LogP contribution in [-0.4, -0.2) is 34.4 Å². The maximum Gasteiger partial charge on any atom is 0.135 e. The fraction of sp³-hybridized carbons (Fsp3) is 0.500. The van der Waals surface area contributed by atoms with Gasteiger partial charge in [-0.2, -0.15) is 0 Å². The smallest absolute Gasteiger partial charge is 0.135 e. The number of aliphatic hydroxyl groups is 2. The number of halogens is 1. The molecule has 3 N–H and O–H groups in total. The molecule has 0 amide bonds. The van der Waals surface area contributed by atoms with E-state index in [-0.39, 0.29) is 0 Å². The van der Waals surface area contributed by atoms with Gasteiger partial charge in [0, 0.05) is 6.54 Å². The Morgan fingerprint density at radius 2 is 2.33 bits per heavy atom. The van der Waals surface area contributed by atoms with Gasteiger partial charge in [-0.1, -0.05) is 17.7 Å². The van der Waals surface area contributed by atoms with Gasteiger partial charge in [-0.15, -0.1) is 0 Å². The van der Waals surface area contributed by atoms with Crippen molar-refractivity contribution in [2.75, 3.05) is 13.1 Å². The molecule has 1 aromatic heterocycles. The van der Waals surface area contributed by atoms with Crippen molar-refractivity contribution in [3.63, 3.8) is 0 Å². The maximum atomic E-state index is 10.3. The molecule has 2 heterocycles. The molecule has 0 aliphatic carbocycles. The lowest BCUT2D eigenvalue weighted by Crippen LogP contribution is -2.52. The van der Waals surface area contributed by atoms with Crippen LogP contribution in [-0.2, 0) is 5.60 Å². The zero-order valence-corrected chi connectivity index (χ0v) is 8.91. The van der Waals surface area contributed by atoms with Crippen LogP contribution < -0.4 is 5.32 Å². The van der Waals surface area contributed by atoms with Crippen LogP contribution in [0.2, 0.25) is 5.15 Å². The van der Waals surface area contributed by atoms with E-state index in [9.17, 15) is 10.2 Å².